The lowest BCUT2D eigenvalue weighted by Gasteiger charge is -2.31. The Morgan fingerprint density at radius 3 is 2.23 bits per heavy atom. The number of ether oxygens (including phenoxy) is 1. The minimum absolute atomic E-state index is 0.0189. The van der Waals surface area contributed by atoms with E-state index in [9.17, 15) is 9.59 Å². The Morgan fingerprint density at radius 2 is 1.68 bits per heavy atom. The molecule has 168 valence electrons. The molecule has 6 heteroatoms. The topological polar surface area (TPSA) is 58.6 Å². The number of carbonyl (C=O) groups excluding carboxylic acids is 2. The van der Waals surface area contributed by atoms with E-state index < -0.39 is 6.04 Å². The zero-order valence-corrected chi connectivity index (χ0v) is 19.8. The summed E-state index contributed by atoms with van der Waals surface area (Å²) in [4.78, 5) is 27.5. The Kier molecular flexibility index (Phi) is 9.38. The van der Waals surface area contributed by atoms with Gasteiger partial charge in [-0.15, -0.1) is 0 Å². The number of benzene rings is 2. The van der Waals surface area contributed by atoms with Crippen LogP contribution in [-0.4, -0.2) is 35.4 Å². The number of amides is 2. The van der Waals surface area contributed by atoms with Crippen molar-refractivity contribution in [1.82, 2.24) is 10.2 Å². The quantitative estimate of drug-likeness (QED) is 0.549. The maximum atomic E-state index is 13.2. The normalized spacial score (nSPS) is 12.0. The first-order chi connectivity index (χ1) is 14.7. The van der Waals surface area contributed by atoms with Crippen molar-refractivity contribution < 1.29 is 14.3 Å². The van der Waals surface area contributed by atoms with Crippen LogP contribution in [0.15, 0.2) is 48.5 Å². The van der Waals surface area contributed by atoms with Gasteiger partial charge in [0.05, 0.1) is 0 Å². The van der Waals surface area contributed by atoms with E-state index in [1.54, 1.807) is 11.0 Å². The molecule has 2 amide bonds. The molecule has 0 spiro atoms. The van der Waals surface area contributed by atoms with E-state index in [1.165, 1.54) is 5.56 Å². The minimum Gasteiger partial charge on any atom is -0.484 e. The molecule has 0 unspecified atom stereocenters. The zero-order chi connectivity index (χ0) is 23.0. The SMILES string of the molecule is CC[C@H](C(=O)NC(C)C)N(Cc1ccccc1Cl)C(=O)COc1ccc(C(C)C)cc1. The van der Waals surface area contributed by atoms with Crippen LogP contribution in [0.1, 0.15) is 58.1 Å². The van der Waals surface area contributed by atoms with Gasteiger partial charge in [-0.25, -0.2) is 0 Å². The molecule has 0 aliphatic rings. The second-order valence-electron chi connectivity index (χ2n) is 8.21. The minimum atomic E-state index is -0.613. The number of nitrogens with one attached hydrogen (secondary N) is 1. The smallest absolute Gasteiger partial charge is 0.261 e. The summed E-state index contributed by atoms with van der Waals surface area (Å²) in [5, 5.41) is 3.47. The van der Waals surface area contributed by atoms with Gasteiger partial charge in [-0.05, 0) is 55.5 Å². The van der Waals surface area contributed by atoms with Gasteiger partial charge < -0.3 is 15.0 Å². The van der Waals surface area contributed by atoms with Crippen LogP contribution in [0.4, 0.5) is 0 Å². The van der Waals surface area contributed by atoms with Crippen LogP contribution in [0.2, 0.25) is 5.02 Å². The van der Waals surface area contributed by atoms with E-state index in [4.69, 9.17) is 16.3 Å². The fraction of sp³-hybridized carbons (Fsp3) is 0.440. The van der Waals surface area contributed by atoms with Crippen LogP contribution < -0.4 is 10.1 Å². The largest absolute Gasteiger partial charge is 0.484 e. The van der Waals surface area contributed by atoms with Gasteiger partial charge in [0.15, 0.2) is 6.61 Å². The van der Waals surface area contributed by atoms with Crippen LogP contribution in [0, 0.1) is 0 Å². The molecule has 31 heavy (non-hydrogen) atoms. The van der Waals surface area contributed by atoms with Gasteiger partial charge in [-0.2, -0.15) is 0 Å². The molecule has 1 atom stereocenters. The van der Waals surface area contributed by atoms with Crippen molar-refractivity contribution in [3.05, 3.63) is 64.7 Å². The average molecular weight is 445 g/mol. The molecule has 1 N–H and O–H groups in total. The van der Waals surface area contributed by atoms with Crippen molar-refractivity contribution in [2.24, 2.45) is 0 Å². The summed E-state index contributed by atoms with van der Waals surface area (Å²) >= 11 is 6.33. The summed E-state index contributed by atoms with van der Waals surface area (Å²) in [7, 11) is 0. The summed E-state index contributed by atoms with van der Waals surface area (Å²) in [6.07, 6.45) is 0.484. The summed E-state index contributed by atoms with van der Waals surface area (Å²) in [6, 6.07) is 14.4. The van der Waals surface area contributed by atoms with Gasteiger partial charge in [0.2, 0.25) is 5.91 Å². The lowest BCUT2D eigenvalue weighted by molar-refractivity contribution is -0.143. The molecule has 0 aliphatic carbocycles. The summed E-state index contributed by atoms with van der Waals surface area (Å²) in [5.41, 5.74) is 1.99. The maximum Gasteiger partial charge on any atom is 0.261 e. The van der Waals surface area contributed by atoms with Crippen molar-refractivity contribution in [2.75, 3.05) is 6.61 Å². The summed E-state index contributed by atoms with van der Waals surface area (Å²) < 4.78 is 5.75. The van der Waals surface area contributed by atoms with Crippen molar-refractivity contribution in [2.45, 2.75) is 65.6 Å². The molecule has 2 aromatic rings. The number of hydrogen-bond donors (Lipinski definition) is 1. The van der Waals surface area contributed by atoms with Crippen molar-refractivity contribution >= 4 is 23.4 Å². The zero-order valence-electron chi connectivity index (χ0n) is 19.0. The van der Waals surface area contributed by atoms with Gasteiger partial charge in [0.25, 0.3) is 5.91 Å². The molecule has 2 aromatic carbocycles. The Balaban J connectivity index is 2.20. The highest BCUT2D eigenvalue weighted by Crippen LogP contribution is 2.21. The van der Waals surface area contributed by atoms with Crippen LogP contribution in [-0.2, 0) is 16.1 Å². The Labute approximate surface area is 190 Å². The van der Waals surface area contributed by atoms with Crippen LogP contribution in [0.3, 0.4) is 0 Å². The summed E-state index contributed by atoms with van der Waals surface area (Å²) in [6.45, 7) is 10.0. The van der Waals surface area contributed by atoms with Gasteiger partial charge in [0.1, 0.15) is 11.8 Å². The summed E-state index contributed by atoms with van der Waals surface area (Å²) in [5.74, 6) is 0.597. The van der Waals surface area contributed by atoms with Crippen molar-refractivity contribution in [3.63, 3.8) is 0 Å². The Hall–Kier alpha value is -2.53. The number of nitrogens with zero attached hydrogens (tertiary/aromatic N) is 1. The van der Waals surface area contributed by atoms with E-state index in [-0.39, 0.29) is 31.0 Å². The van der Waals surface area contributed by atoms with E-state index in [0.29, 0.717) is 23.1 Å². The second-order valence-corrected chi connectivity index (χ2v) is 8.62. The monoisotopic (exact) mass is 444 g/mol. The molecule has 0 radical (unpaired) electrons. The first-order valence-electron chi connectivity index (χ1n) is 10.8. The van der Waals surface area contributed by atoms with E-state index >= 15 is 0 Å². The number of halogens is 1. The molecule has 0 saturated carbocycles. The lowest BCUT2D eigenvalue weighted by atomic mass is 10.0. The van der Waals surface area contributed by atoms with Gasteiger partial charge >= 0.3 is 0 Å². The molecule has 0 bridgehead atoms. The molecule has 2 rings (SSSR count). The van der Waals surface area contributed by atoms with Crippen LogP contribution in [0.5, 0.6) is 5.75 Å². The average Bonchev–Trinajstić information content (AvgIpc) is 2.73. The van der Waals surface area contributed by atoms with Gasteiger partial charge in [-0.3, -0.25) is 9.59 Å². The third-order valence-electron chi connectivity index (χ3n) is 5.02. The highest BCUT2D eigenvalue weighted by atomic mass is 35.5. The van der Waals surface area contributed by atoms with E-state index in [0.717, 1.165) is 5.56 Å². The molecule has 0 aromatic heterocycles. The Bertz CT molecular complexity index is 865. The molecular weight excluding hydrogens is 412 g/mol. The van der Waals surface area contributed by atoms with Crippen molar-refractivity contribution in [1.29, 1.82) is 0 Å². The standard InChI is InChI=1S/C25H33ClN2O3/c1-6-23(25(30)27-18(4)5)28(15-20-9-7-8-10-22(20)26)24(29)16-31-21-13-11-19(12-14-21)17(2)3/h7-14,17-18,23H,6,15-16H2,1-5H3,(H,27,30)/t23-/m1/s1. The molecule has 0 fully saturated rings. The molecule has 5 nitrogen and oxygen atoms in total. The highest BCUT2D eigenvalue weighted by Gasteiger charge is 2.29. The van der Waals surface area contributed by atoms with Gasteiger partial charge in [0, 0.05) is 17.6 Å². The molecule has 0 heterocycles. The van der Waals surface area contributed by atoms with Crippen LogP contribution in [0.25, 0.3) is 0 Å². The fourth-order valence-corrected chi connectivity index (χ4v) is 3.48. The third-order valence-corrected chi connectivity index (χ3v) is 5.39. The molecule has 0 saturated heterocycles. The first-order valence-corrected chi connectivity index (χ1v) is 11.2. The second kappa shape index (κ2) is 11.8. The molecule has 0 aliphatic heterocycles. The number of carbonyl (C=O) groups is 2. The fourth-order valence-electron chi connectivity index (χ4n) is 3.29. The van der Waals surface area contributed by atoms with Crippen LogP contribution >= 0.6 is 11.6 Å². The van der Waals surface area contributed by atoms with Crippen molar-refractivity contribution in [3.8, 4) is 5.75 Å². The predicted octanol–water partition coefficient (Wildman–Crippen LogP) is 5.17. The molecular formula is C25H33ClN2O3. The van der Waals surface area contributed by atoms with E-state index in [1.807, 2.05) is 63.2 Å². The highest BCUT2D eigenvalue weighted by molar-refractivity contribution is 6.31. The maximum absolute atomic E-state index is 13.2. The van der Waals surface area contributed by atoms with E-state index in [2.05, 4.69) is 19.2 Å². The third kappa shape index (κ3) is 7.28. The number of rotatable bonds is 10. The Morgan fingerprint density at radius 1 is 1.03 bits per heavy atom. The number of hydrogen-bond acceptors (Lipinski definition) is 3. The predicted molar refractivity (Wildman–Crippen MR) is 125 cm³/mol. The van der Waals surface area contributed by atoms with Gasteiger partial charge in [-0.1, -0.05) is 62.7 Å². The lowest BCUT2D eigenvalue weighted by Crippen LogP contribution is -2.51. The first kappa shape index (κ1) is 24.7.